The summed E-state index contributed by atoms with van der Waals surface area (Å²) in [6.07, 6.45) is 7.72. The molecule has 1 aliphatic rings. The molecule has 0 aromatic heterocycles. The van der Waals surface area contributed by atoms with Crippen LogP contribution in [0.3, 0.4) is 0 Å². The molecule has 0 radical (unpaired) electrons. The molecule has 16 heavy (non-hydrogen) atoms. The van der Waals surface area contributed by atoms with Gasteiger partial charge in [0.1, 0.15) is 0 Å². The molecule has 1 fully saturated rings. The van der Waals surface area contributed by atoms with Crippen LogP contribution >= 0.6 is 0 Å². The lowest BCUT2D eigenvalue weighted by Gasteiger charge is -2.32. The number of aliphatic hydroxyl groups is 1. The summed E-state index contributed by atoms with van der Waals surface area (Å²) in [5, 5.41) is 18.3. The highest BCUT2D eigenvalue weighted by atomic mass is 16.3. The van der Waals surface area contributed by atoms with Crippen LogP contribution in [0.2, 0.25) is 0 Å². The highest BCUT2D eigenvalue weighted by Crippen LogP contribution is 2.34. The normalized spacial score (nSPS) is 29.4. The summed E-state index contributed by atoms with van der Waals surface area (Å²) in [5.74, 6) is 1.76. The standard InChI is InChI=1S/C14H25NO/c1-3-12(5-4-11(2)10-15)13-6-8-14(16)9-7-13/h11-14,16H,3-9H2,1-2H3. The number of hydrogen-bond donors (Lipinski definition) is 1. The summed E-state index contributed by atoms with van der Waals surface area (Å²) >= 11 is 0. The SMILES string of the molecule is CCC(CCC(C)C#N)C1CCC(O)CC1. The van der Waals surface area contributed by atoms with E-state index in [2.05, 4.69) is 13.0 Å². The number of nitrogens with zero attached hydrogens (tertiary/aromatic N) is 1. The van der Waals surface area contributed by atoms with Gasteiger partial charge in [0.15, 0.2) is 0 Å². The molecular formula is C14H25NO. The Labute approximate surface area is 99.7 Å². The zero-order valence-electron chi connectivity index (χ0n) is 10.7. The second-order valence-corrected chi connectivity index (χ2v) is 5.34. The predicted molar refractivity (Wildman–Crippen MR) is 65.8 cm³/mol. The lowest BCUT2D eigenvalue weighted by atomic mass is 9.75. The van der Waals surface area contributed by atoms with E-state index in [-0.39, 0.29) is 12.0 Å². The first-order valence-electron chi connectivity index (χ1n) is 6.75. The van der Waals surface area contributed by atoms with E-state index in [1.165, 1.54) is 25.7 Å². The van der Waals surface area contributed by atoms with Crippen LogP contribution in [0.1, 0.15) is 58.8 Å². The fraction of sp³-hybridized carbons (Fsp3) is 0.929. The first-order chi connectivity index (χ1) is 7.67. The van der Waals surface area contributed by atoms with Gasteiger partial charge in [-0.2, -0.15) is 5.26 Å². The van der Waals surface area contributed by atoms with Crippen LogP contribution in [-0.4, -0.2) is 11.2 Å². The largest absolute Gasteiger partial charge is 0.393 e. The van der Waals surface area contributed by atoms with Gasteiger partial charge < -0.3 is 5.11 Å². The third kappa shape index (κ3) is 4.14. The van der Waals surface area contributed by atoms with E-state index in [1.54, 1.807) is 0 Å². The van der Waals surface area contributed by atoms with E-state index in [9.17, 15) is 5.11 Å². The molecule has 0 aromatic rings. The molecule has 1 N–H and O–H groups in total. The van der Waals surface area contributed by atoms with Crippen molar-refractivity contribution < 1.29 is 5.11 Å². The number of aliphatic hydroxyl groups excluding tert-OH is 1. The highest BCUT2D eigenvalue weighted by molar-refractivity contribution is 4.82. The quantitative estimate of drug-likeness (QED) is 0.775. The van der Waals surface area contributed by atoms with Crippen LogP contribution in [0.15, 0.2) is 0 Å². The molecule has 2 nitrogen and oxygen atoms in total. The van der Waals surface area contributed by atoms with Crippen LogP contribution in [0, 0.1) is 29.1 Å². The van der Waals surface area contributed by atoms with Crippen LogP contribution in [0.4, 0.5) is 0 Å². The van der Waals surface area contributed by atoms with Crippen molar-refractivity contribution in [3.8, 4) is 6.07 Å². The van der Waals surface area contributed by atoms with Gasteiger partial charge in [0.2, 0.25) is 0 Å². The van der Waals surface area contributed by atoms with E-state index in [1.807, 2.05) is 6.92 Å². The van der Waals surface area contributed by atoms with Crippen molar-refractivity contribution in [2.45, 2.75) is 64.9 Å². The molecule has 0 amide bonds. The van der Waals surface area contributed by atoms with Crippen molar-refractivity contribution in [3.05, 3.63) is 0 Å². The lowest BCUT2D eigenvalue weighted by Crippen LogP contribution is -2.24. The topological polar surface area (TPSA) is 44.0 Å². The molecule has 0 bridgehead atoms. The second kappa shape index (κ2) is 6.91. The molecule has 1 rings (SSSR count). The maximum atomic E-state index is 9.49. The fourth-order valence-electron chi connectivity index (χ4n) is 2.87. The number of rotatable bonds is 5. The zero-order valence-corrected chi connectivity index (χ0v) is 10.7. The molecule has 0 aliphatic heterocycles. The summed E-state index contributed by atoms with van der Waals surface area (Å²) < 4.78 is 0. The van der Waals surface area contributed by atoms with Crippen molar-refractivity contribution >= 4 is 0 Å². The van der Waals surface area contributed by atoms with Crippen LogP contribution in [0.5, 0.6) is 0 Å². The minimum atomic E-state index is -0.0493. The zero-order chi connectivity index (χ0) is 12.0. The maximum Gasteiger partial charge on any atom is 0.0652 e. The average molecular weight is 223 g/mol. The van der Waals surface area contributed by atoms with Gasteiger partial charge in [-0.1, -0.05) is 13.3 Å². The summed E-state index contributed by atoms with van der Waals surface area (Å²) in [6, 6.07) is 2.31. The molecule has 1 aliphatic carbocycles. The predicted octanol–water partition coefficient (Wildman–Crippen LogP) is 3.50. The molecule has 92 valence electrons. The van der Waals surface area contributed by atoms with E-state index in [0.717, 1.165) is 31.1 Å². The summed E-state index contributed by atoms with van der Waals surface area (Å²) in [4.78, 5) is 0. The fourth-order valence-corrected chi connectivity index (χ4v) is 2.87. The molecule has 0 heterocycles. The van der Waals surface area contributed by atoms with E-state index in [0.29, 0.717) is 0 Å². The van der Waals surface area contributed by atoms with Crippen LogP contribution in [0.25, 0.3) is 0 Å². The molecule has 0 saturated heterocycles. The van der Waals surface area contributed by atoms with Gasteiger partial charge in [-0.15, -0.1) is 0 Å². The third-order valence-electron chi connectivity index (χ3n) is 4.12. The molecule has 1 saturated carbocycles. The van der Waals surface area contributed by atoms with Gasteiger partial charge >= 0.3 is 0 Å². The Morgan fingerprint density at radius 2 is 1.88 bits per heavy atom. The van der Waals surface area contributed by atoms with E-state index >= 15 is 0 Å². The highest BCUT2D eigenvalue weighted by Gasteiger charge is 2.25. The number of nitriles is 1. The lowest BCUT2D eigenvalue weighted by molar-refractivity contribution is 0.0871. The van der Waals surface area contributed by atoms with Gasteiger partial charge in [-0.05, 0) is 57.3 Å². The van der Waals surface area contributed by atoms with Crippen molar-refractivity contribution in [2.24, 2.45) is 17.8 Å². The minimum absolute atomic E-state index is 0.0493. The molecule has 2 atom stereocenters. The Morgan fingerprint density at radius 1 is 1.25 bits per heavy atom. The summed E-state index contributed by atoms with van der Waals surface area (Å²) in [5.41, 5.74) is 0. The van der Waals surface area contributed by atoms with Gasteiger partial charge in [-0.25, -0.2) is 0 Å². The monoisotopic (exact) mass is 223 g/mol. The second-order valence-electron chi connectivity index (χ2n) is 5.34. The molecule has 0 spiro atoms. The minimum Gasteiger partial charge on any atom is -0.393 e. The van der Waals surface area contributed by atoms with Crippen molar-refractivity contribution in [1.82, 2.24) is 0 Å². The van der Waals surface area contributed by atoms with E-state index in [4.69, 9.17) is 5.26 Å². The Kier molecular flexibility index (Phi) is 5.84. The average Bonchev–Trinajstić information content (AvgIpc) is 2.31. The van der Waals surface area contributed by atoms with Crippen molar-refractivity contribution in [2.75, 3.05) is 0 Å². The van der Waals surface area contributed by atoms with Crippen molar-refractivity contribution in [3.63, 3.8) is 0 Å². The third-order valence-corrected chi connectivity index (χ3v) is 4.12. The molecule has 2 heteroatoms. The molecule has 0 aromatic carbocycles. The Morgan fingerprint density at radius 3 is 2.38 bits per heavy atom. The first kappa shape index (κ1) is 13.5. The molecule has 2 unspecified atom stereocenters. The Hall–Kier alpha value is -0.550. The van der Waals surface area contributed by atoms with Gasteiger partial charge in [0.25, 0.3) is 0 Å². The summed E-state index contributed by atoms with van der Waals surface area (Å²) in [7, 11) is 0. The van der Waals surface area contributed by atoms with Gasteiger partial charge in [0, 0.05) is 5.92 Å². The first-order valence-corrected chi connectivity index (χ1v) is 6.75. The maximum absolute atomic E-state index is 9.49. The smallest absolute Gasteiger partial charge is 0.0652 e. The van der Waals surface area contributed by atoms with Crippen LogP contribution in [-0.2, 0) is 0 Å². The van der Waals surface area contributed by atoms with Gasteiger partial charge in [-0.3, -0.25) is 0 Å². The Bertz CT molecular complexity index is 225. The van der Waals surface area contributed by atoms with Gasteiger partial charge in [0.05, 0.1) is 12.2 Å². The van der Waals surface area contributed by atoms with E-state index < -0.39 is 0 Å². The summed E-state index contributed by atoms with van der Waals surface area (Å²) in [6.45, 7) is 4.27. The number of hydrogen-bond acceptors (Lipinski definition) is 2. The Balaban J connectivity index is 2.33. The van der Waals surface area contributed by atoms with Crippen molar-refractivity contribution in [1.29, 1.82) is 5.26 Å². The molecular weight excluding hydrogens is 198 g/mol. The van der Waals surface area contributed by atoms with Crippen LogP contribution < -0.4 is 0 Å².